The van der Waals surface area contributed by atoms with E-state index in [1.54, 1.807) is 12.1 Å². The molecule has 0 aromatic heterocycles. The minimum Gasteiger partial charge on any atom is -0.326 e. The van der Waals surface area contributed by atoms with Crippen molar-refractivity contribution in [2.75, 3.05) is 17.2 Å². The highest BCUT2D eigenvalue weighted by Crippen LogP contribution is 2.26. The Balaban J connectivity index is 1.71. The van der Waals surface area contributed by atoms with E-state index < -0.39 is 0 Å². The van der Waals surface area contributed by atoms with Gasteiger partial charge in [0.1, 0.15) is 0 Å². The molecule has 1 aliphatic heterocycles. The molecular weight excluding hydrogens is 326 g/mol. The Morgan fingerprint density at radius 3 is 2.38 bits per heavy atom. The van der Waals surface area contributed by atoms with Crippen LogP contribution in [0.3, 0.4) is 0 Å². The summed E-state index contributed by atoms with van der Waals surface area (Å²) in [7, 11) is 0. The van der Waals surface area contributed by atoms with Gasteiger partial charge in [0, 0.05) is 28.9 Å². The van der Waals surface area contributed by atoms with Gasteiger partial charge in [-0.25, -0.2) is 0 Å². The lowest BCUT2D eigenvalue weighted by Gasteiger charge is -2.27. The molecule has 26 heavy (non-hydrogen) atoms. The molecule has 0 unspecified atom stereocenters. The Kier molecular flexibility index (Phi) is 5.68. The lowest BCUT2D eigenvalue weighted by molar-refractivity contribution is -0.120. The smallest absolute Gasteiger partial charge is 0.255 e. The van der Waals surface area contributed by atoms with Crippen LogP contribution in [0.2, 0.25) is 0 Å². The molecule has 0 spiro atoms. The van der Waals surface area contributed by atoms with Crippen LogP contribution in [0, 0.1) is 12.8 Å². The molecule has 1 saturated heterocycles. The molecule has 136 valence electrons. The average Bonchev–Trinajstić information content (AvgIpc) is 2.65. The molecule has 2 aromatic rings. The molecule has 1 fully saturated rings. The van der Waals surface area contributed by atoms with Crippen molar-refractivity contribution < 1.29 is 9.59 Å². The van der Waals surface area contributed by atoms with Gasteiger partial charge >= 0.3 is 0 Å². The highest BCUT2D eigenvalue weighted by Gasteiger charge is 2.25. The number of anilines is 2. The van der Waals surface area contributed by atoms with Crippen molar-refractivity contribution in [3.8, 4) is 0 Å². The maximum atomic E-state index is 12.6. The van der Waals surface area contributed by atoms with E-state index in [0.717, 1.165) is 30.6 Å². The minimum atomic E-state index is -0.163. The summed E-state index contributed by atoms with van der Waals surface area (Å²) >= 11 is 0. The maximum absolute atomic E-state index is 12.6. The van der Waals surface area contributed by atoms with Crippen LogP contribution in [0.25, 0.3) is 0 Å². The molecule has 2 atom stereocenters. The largest absolute Gasteiger partial charge is 0.326 e. The van der Waals surface area contributed by atoms with Crippen LogP contribution in [0.1, 0.15) is 35.7 Å². The lowest BCUT2D eigenvalue weighted by Crippen LogP contribution is -2.40. The van der Waals surface area contributed by atoms with Crippen molar-refractivity contribution in [2.24, 2.45) is 5.92 Å². The average molecular weight is 351 g/mol. The number of rotatable bonds is 4. The second kappa shape index (κ2) is 8.15. The quantitative estimate of drug-likeness (QED) is 0.789. The predicted octanol–water partition coefficient (Wildman–Crippen LogP) is 3.57. The summed E-state index contributed by atoms with van der Waals surface area (Å²) < 4.78 is 0. The van der Waals surface area contributed by atoms with Gasteiger partial charge in [-0.05, 0) is 63.1 Å². The number of nitrogens with one attached hydrogen (secondary N) is 3. The van der Waals surface area contributed by atoms with Crippen LogP contribution in [0.5, 0.6) is 0 Å². The first-order valence-electron chi connectivity index (χ1n) is 9.05. The zero-order valence-electron chi connectivity index (χ0n) is 15.2. The Labute approximate surface area is 154 Å². The fourth-order valence-corrected chi connectivity index (χ4v) is 3.30. The van der Waals surface area contributed by atoms with Crippen LogP contribution < -0.4 is 16.0 Å². The van der Waals surface area contributed by atoms with Gasteiger partial charge in [0.25, 0.3) is 5.91 Å². The second-order valence-corrected chi connectivity index (χ2v) is 6.86. The predicted molar refractivity (Wildman–Crippen MR) is 104 cm³/mol. The third-order valence-corrected chi connectivity index (χ3v) is 4.87. The first-order valence-corrected chi connectivity index (χ1v) is 9.05. The van der Waals surface area contributed by atoms with Gasteiger partial charge in [0.15, 0.2) is 0 Å². The van der Waals surface area contributed by atoms with E-state index in [4.69, 9.17) is 0 Å². The molecule has 3 rings (SSSR count). The summed E-state index contributed by atoms with van der Waals surface area (Å²) in [5, 5.41) is 9.32. The van der Waals surface area contributed by atoms with Crippen molar-refractivity contribution in [2.45, 2.75) is 32.7 Å². The van der Waals surface area contributed by atoms with Gasteiger partial charge in [-0.2, -0.15) is 0 Å². The summed E-state index contributed by atoms with van der Waals surface area (Å²) in [4.78, 5) is 25.0. The topological polar surface area (TPSA) is 70.2 Å². The Hall–Kier alpha value is -2.66. The Morgan fingerprint density at radius 1 is 1.00 bits per heavy atom. The first kappa shape index (κ1) is 18.1. The lowest BCUT2D eigenvalue weighted by atomic mass is 9.92. The molecule has 0 aliphatic carbocycles. The van der Waals surface area contributed by atoms with Gasteiger partial charge in [0.2, 0.25) is 5.91 Å². The number of hydrogen-bond donors (Lipinski definition) is 3. The maximum Gasteiger partial charge on any atom is 0.255 e. The SMILES string of the molecule is Cc1c(NC(=O)c2ccccc2)cccc1NC(=O)[C@H]1CCN[C@@H](C)C1. The van der Waals surface area contributed by atoms with E-state index in [0.29, 0.717) is 17.3 Å². The monoisotopic (exact) mass is 351 g/mol. The molecule has 5 nitrogen and oxygen atoms in total. The Bertz CT molecular complexity index is 789. The molecular formula is C21H25N3O2. The molecule has 0 saturated carbocycles. The number of carbonyl (C=O) groups is 2. The van der Waals surface area contributed by atoms with E-state index in [-0.39, 0.29) is 17.7 Å². The highest BCUT2D eigenvalue weighted by molar-refractivity contribution is 6.05. The third-order valence-electron chi connectivity index (χ3n) is 4.87. The van der Waals surface area contributed by atoms with Crippen LogP contribution in [-0.2, 0) is 4.79 Å². The zero-order chi connectivity index (χ0) is 18.5. The molecule has 0 bridgehead atoms. The summed E-state index contributed by atoms with van der Waals surface area (Å²) in [5.41, 5.74) is 2.90. The summed E-state index contributed by atoms with van der Waals surface area (Å²) in [5.74, 6) is -0.0921. The van der Waals surface area contributed by atoms with Crippen molar-refractivity contribution in [1.82, 2.24) is 5.32 Å². The van der Waals surface area contributed by atoms with Crippen molar-refractivity contribution in [1.29, 1.82) is 0 Å². The van der Waals surface area contributed by atoms with Crippen LogP contribution >= 0.6 is 0 Å². The van der Waals surface area contributed by atoms with E-state index in [1.807, 2.05) is 43.3 Å². The number of amides is 2. The molecule has 2 aromatic carbocycles. The number of carbonyl (C=O) groups excluding carboxylic acids is 2. The number of hydrogen-bond acceptors (Lipinski definition) is 3. The highest BCUT2D eigenvalue weighted by atomic mass is 16.2. The standard InChI is InChI=1S/C21H25N3O2/c1-14-13-17(11-12-22-14)21(26)24-19-10-6-9-18(15(19)2)23-20(25)16-7-4-3-5-8-16/h3-10,14,17,22H,11-13H2,1-2H3,(H,23,25)(H,24,26)/t14-,17-/m0/s1. The van der Waals surface area contributed by atoms with Crippen molar-refractivity contribution in [3.63, 3.8) is 0 Å². The van der Waals surface area contributed by atoms with E-state index in [1.165, 1.54) is 0 Å². The fourth-order valence-electron chi connectivity index (χ4n) is 3.30. The molecule has 2 amide bonds. The normalized spacial score (nSPS) is 19.6. The van der Waals surface area contributed by atoms with Crippen LogP contribution in [0.4, 0.5) is 11.4 Å². The number of piperidine rings is 1. The van der Waals surface area contributed by atoms with Gasteiger partial charge in [0.05, 0.1) is 0 Å². The second-order valence-electron chi connectivity index (χ2n) is 6.86. The molecule has 1 heterocycles. The number of benzene rings is 2. The minimum absolute atomic E-state index is 0.0215. The van der Waals surface area contributed by atoms with Gasteiger partial charge in [-0.1, -0.05) is 24.3 Å². The summed E-state index contributed by atoms with van der Waals surface area (Å²) in [6.45, 7) is 4.87. The van der Waals surface area contributed by atoms with Crippen molar-refractivity contribution >= 4 is 23.2 Å². The van der Waals surface area contributed by atoms with E-state index >= 15 is 0 Å². The summed E-state index contributed by atoms with van der Waals surface area (Å²) in [6.07, 6.45) is 1.69. The molecule has 5 heteroatoms. The molecule has 0 radical (unpaired) electrons. The molecule has 3 N–H and O–H groups in total. The summed E-state index contributed by atoms with van der Waals surface area (Å²) in [6, 6.07) is 15.0. The third kappa shape index (κ3) is 4.29. The van der Waals surface area contributed by atoms with E-state index in [9.17, 15) is 9.59 Å². The van der Waals surface area contributed by atoms with E-state index in [2.05, 4.69) is 22.9 Å². The fraction of sp³-hybridized carbons (Fsp3) is 0.333. The van der Waals surface area contributed by atoms with Gasteiger partial charge in [-0.3, -0.25) is 9.59 Å². The van der Waals surface area contributed by atoms with Crippen LogP contribution in [-0.4, -0.2) is 24.4 Å². The Morgan fingerprint density at radius 2 is 1.69 bits per heavy atom. The van der Waals surface area contributed by atoms with Gasteiger partial charge < -0.3 is 16.0 Å². The molecule has 1 aliphatic rings. The van der Waals surface area contributed by atoms with Gasteiger partial charge in [-0.15, -0.1) is 0 Å². The first-order chi connectivity index (χ1) is 12.5. The zero-order valence-corrected chi connectivity index (χ0v) is 15.2. The van der Waals surface area contributed by atoms with Crippen molar-refractivity contribution in [3.05, 3.63) is 59.7 Å². The van der Waals surface area contributed by atoms with Crippen LogP contribution in [0.15, 0.2) is 48.5 Å².